The van der Waals surface area contributed by atoms with Gasteiger partial charge in [0.15, 0.2) is 0 Å². The van der Waals surface area contributed by atoms with Gasteiger partial charge in [-0.15, -0.1) is 0 Å². The van der Waals surface area contributed by atoms with Crippen LogP contribution in [0.5, 0.6) is 0 Å². The van der Waals surface area contributed by atoms with E-state index in [9.17, 15) is 0 Å². The lowest BCUT2D eigenvalue weighted by Gasteiger charge is -2.02. The third-order valence-corrected chi connectivity index (χ3v) is 1.88. The molecule has 0 fully saturated rings. The summed E-state index contributed by atoms with van der Waals surface area (Å²) < 4.78 is 0. The van der Waals surface area contributed by atoms with Gasteiger partial charge in [-0.05, 0) is 24.3 Å². The zero-order chi connectivity index (χ0) is 9.10. The molecule has 1 heterocycles. The molecule has 0 amide bonds. The summed E-state index contributed by atoms with van der Waals surface area (Å²) in [6, 6.07) is 9.33. The lowest BCUT2D eigenvalue weighted by atomic mass is 10.3. The van der Waals surface area contributed by atoms with Gasteiger partial charge in [0, 0.05) is 16.8 Å². The van der Waals surface area contributed by atoms with Gasteiger partial charge in [0.1, 0.15) is 5.82 Å². The summed E-state index contributed by atoms with van der Waals surface area (Å²) in [5.74, 6) is 0.863. The van der Waals surface area contributed by atoms with E-state index < -0.39 is 0 Å². The highest BCUT2D eigenvalue weighted by molar-refractivity contribution is 6.30. The van der Waals surface area contributed by atoms with E-state index in [2.05, 4.69) is 15.5 Å². The maximum absolute atomic E-state index is 5.75. The molecule has 3 nitrogen and oxygen atoms in total. The van der Waals surface area contributed by atoms with Crippen LogP contribution in [0.1, 0.15) is 0 Å². The predicted molar refractivity (Wildman–Crippen MR) is 53.3 cm³/mol. The minimum absolute atomic E-state index is 0.732. The van der Waals surface area contributed by atoms with Gasteiger partial charge in [0.2, 0.25) is 0 Å². The van der Waals surface area contributed by atoms with Crippen LogP contribution in [0.2, 0.25) is 5.02 Å². The quantitative estimate of drug-likeness (QED) is 0.770. The molecule has 1 aromatic heterocycles. The zero-order valence-corrected chi connectivity index (χ0v) is 7.55. The molecule has 0 aliphatic rings. The Balaban J connectivity index is 2.15. The molecule has 2 rings (SSSR count). The molecular weight excluding hydrogens is 186 g/mol. The summed E-state index contributed by atoms with van der Waals surface area (Å²) in [5.41, 5.74) is 0.980. The number of rotatable bonds is 2. The lowest BCUT2D eigenvalue weighted by molar-refractivity contribution is 1.09. The van der Waals surface area contributed by atoms with Crippen molar-refractivity contribution in [3.8, 4) is 0 Å². The summed E-state index contributed by atoms with van der Waals surface area (Å²) in [7, 11) is 0. The van der Waals surface area contributed by atoms with Crippen molar-refractivity contribution in [1.29, 1.82) is 0 Å². The first-order valence-electron chi connectivity index (χ1n) is 3.86. The maximum Gasteiger partial charge on any atom is 0.125 e. The molecule has 0 saturated heterocycles. The van der Waals surface area contributed by atoms with E-state index in [4.69, 9.17) is 11.6 Å². The van der Waals surface area contributed by atoms with Gasteiger partial charge in [0.05, 0.1) is 6.20 Å². The van der Waals surface area contributed by atoms with Crippen LogP contribution in [0.15, 0.2) is 36.5 Å². The first kappa shape index (κ1) is 8.13. The minimum atomic E-state index is 0.732. The average molecular weight is 194 g/mol. The van der Waals surface area contributed by atoms with Gasteiger partial charge in [-0.3, -0.25) is 5.10 Å². The van der Waals surface area contributed by atoms with Gasteiger partial charge in [-0.25, -0.2) is 0 Å². The van der Waals surface area contributed by atoms with Crippen LogP contribution in [-0.4, -0.2) is 10.2 Å². The standard InChI is InChI=1S/C9H8ClN3/c10-7-1-3-8(4-2-7)12-9-5-6-11-13-9/h1-6H,(H2,11,12,13). The summed E-state index contributed by atoms with van der Waals surface area (Å²) in [4.78, 5) is 0. The van der Waals surface area contributed by atoms with Crippen LogP contribution in [0.4, 0.5) is 11.5 Å². The van der Waals surface area contributed by atoms with E-state index in [-0.39, 0.29) is 0 Å². The lowest BCUT2D eigenvalue weighted by Crippen LogP contribution is -1.89. The molecule has 0 spiro atoms. The fraction of sp³-hybridized carbons (Fsp3) is 0. The number of nitrogens with zero attached hydrogens (tertiary/aromatic N) is 1. The second-order valence-corrected chi connectivity index (χ2v) is 3.04. The number of halogens is 1. The Morgan fingerprint density at radius 2 is 1.92 bits per heavy atom. The van der Waals surface area contributed by atoms with Crippen molar-refractivity contribution in [1.82, 2.24) is 10.2 Å². The van der Waals surface area contributed by atoms with Gasteiger partial charge >= 0.3 is 0 Å². The number of nitrogens with one attached hydrogen (secondary N) is 2. The van der Waals surface area contributed by atoms with Gasteiger partial charge in [-0.1, -0.05) is 11.6 Å². The Labute approximate surface area is 80.7 Å². The Bertz CT molecular complexity index is 366. The summed E-state index contributed by atoms with van der Waals surface area (Å²) >= 11 is 5.75. The highest BCUT2D eigenvalue weighted by Gasteiger charge is 1.94. The topological polar surface area (TPSA) is 40.7 Å². The minimum Gasteiger partial charge on any atom is -0.341 e. The van der Waals surface area contributed by atoms with E-state index in [0.29, 0.717) is 0 Å². The van der Waals surface area contributed by atoms with E-state index in [1.54, 1.807) is 6.20 Å². The molecule has 0 bridgehead atoms. The molecule has 0 aliphatic carbocycles. The maximum atomic E-state index is 5.75. The summed E-state index contributed by atoms with van der Waals surface area (Å²) in [5, 5.41) is 10.5. The Morgan fingerprint density at radius 3 is 2.54 bits per heavy atom. The van der Waals surface area contributed by atoms with E-state index in [1.165, 1.54) is 0 Å². The van der Waals surface area contributed by atoms with Crippen LogP contribution in [0.25, 0.3) is 0 Å². The second-order valence-electron chi connectivity index (χ2n) is 2.60. The monoisotopic (exact) mass is 193 g/mol. The fourth-order valence-electron chi connectivity index (χ4n) is 1.01. The molecule has 2 N–H and O–H groups in total. The normalized spacial score (nSPS) is 9.92. The number of anilines is 2. The van der Waals surface area contributed by atoms with E-state index in [1.807, 2.05) is 30.3 Å². The van der Waals surface area contributed by atoms with Crippen molar-refractivity contribution >= 4 is 23.1 Å². The average Bonchev–Trinajstić information content (AvgIpc) is 2.62. The van der Waals surface area contributed by atoms with Crippen molar-refractivity contribution in [3.63, 3.8) is 0 Å². The summed E-state index contributed by atoms with van der Waals surface area (Å²) in [6.07, 6.45) is 1.69. The van der Waals surface area contributed by atoms with E-state index in [0.717, 1.165) is 16.5 Å². The first-order chi connectivity index (χ1) is 6.34. The van der Waals surface area contributed by atoms with E-state index >= 15 is 0 Å². The highest BCUT2D eigenvalue weighted by Crippen LogP contribution is 2.16. The fourth-order valence-corrected chi connectivity index (χ4v) is 1.14. The number of aromatic amines is 1. The molecule has 0 unspecified atom stereocenters. The number of hydrogen-bond acceptors (Lipinski definition) is 2. The number of aromatic nitrogens is 2. The van der Waals surface area contributed by atoms with Crippen LogP contribution < -0.4 is 5.32 Å². The SMILES string of the molecule is Clc1ccc(Nc2ccn[nH]2)cc1. The van der Waals surface area contributed by atoms with Gasteiger partial charge < -0.3 is 5.32 Å². The zero-order valence-electron chi connectivity index (χ0n) is 6.79. The van der Waals surface area contributed by atoms with Crippen LogP contribution in [0.3, 0.4) is 0 Å². The van der Waals surface area contributed by atoms with Crippen molar-refractivity contribution in [2.45, 2.75) is 0 Å². The predicted octanol–water partition coefficient (Wildman–Crippen LogP) is 2.81. The second kappa shape index (κ2) is 3.49. The van der Waals surface area contributed by atoms with Crippen molar-refractivity contribution in [3.05, 3.63) is 41.6 Å². The van der Waals surface area contributed by atoms with Gasteiger partial charge in [0.25, 0.3) is 0 Å². The molecule has 0 aliphatic heterocycles. The van der Waals surface area contributed by atoms with Crippen LogP contribution in [0, 0.1) is 0 Å². The van der Waals surface area contributed by atoms with Gasteiger partial charge in [-0.2, -0.15) is 5.10 Å². The van der Waals surface area contributed by atoms with Crippen LogP contribution in [-0.2, 0) is 0 Å². The number of hydrogen-bond donors (Lipinski definition) is 2. The molecule has 4 heteroatoms. The molecule has 0 atom stereocenters. The molecule has 66 valence electrons. The molecule has 0 saturated carbocycles. The Hall–Kier alpha value is -1.48. The first-order valence-corrected chi connectivity index (χ1v) is 4.24. The summed E-state index contributed by atoms with van der Waals surface area (Å²) in [6.45, 7) is 0. The Kier molecular flexibility index (Phi) is 2.19. The third-order valence-electron chi connectivity index (χ3n) is 1.62. The molecule has 1 aromatic carbocycles. The number of benzene rings is 1. The van der Waals surface area contributed by atoms with Crippen molar-refractivity contribution in [2.24, 2.45) is 0 Å². The third kappa shape index (κ3) is 2.00. The number of H-pyrrole nitrogens is 1. The molecule has 2 aromatic rings. The molecular formula is C9H8ClN3. The molecule has 13 heavy (non-hydrogen) atoms. The highest BCUT2D eigenvalue weighted by atomic mass is 35.5. The smallest absolute Gasteiger partial charge is 0.125 e. The van der Waals surface area contributed by atoms with Crippen LogP contribution >= 0.6 is 11.6 Å². The van der Waals surface area contributed by atoms with Crippen molar-refractivity contribution in [2.75, 3.05) is 5.32 Å². The molecule has 0 radical (unpaired) electrons. The Morgan fingerprint density at radius 1 is 1.15 bits per heavy atom. The van der Waals surface area contributed by atoms with Crippen molar-refractivity contribution < 1.29 is 0 Å². The largest absolute Gasteiger partial charge is 0.341 e.